The van der Waals surface area contributed by atoms with Crippen LogP contribution in [0.1, 0.15) is 15.9 Å². The maximum Gasteiger partial charge on any atom is 0.253 e. The average molecular weight is 425 g/mol. The molecule has 0 radical (unpaired) electrons. The zero-order valence-corrected chi connectivity index (χ0v) is 17.5. The molecule has 3 aromatic rings. The normalized spacial score (nSPS) is 11.0. The summed E-state index contributed by atoms with van der Waals surface area (Å²) in [6.45, 7) is 0.735. The number of amides is 1. The third kappa shape index (κ3) is 5.84. The average Bonchev–Trinajstić information content (AvgIpc) is 2.75. The predicted octanol–water partition coefficient (Wildman–Crippen LogP) is 3.46. The molecule has 1 amide bonds. The Labute approximate surface area is 177 Å². The first-order valence-electron chi connectivity index (χ1n) is 9.52. The number of hydrogen-bond acceptors (Lipinski definition) is 4. The number of para-hydroxylation sites is 2. The number of nitrogens with zero attached hydrogens (tertiary/aromatic N) is 1. The smallest absolute Gasteiger partial charge is 0.253 e. The summed E-state index contributed by atoms with van der Waals surface area (Å²) in [5, 5.41) is 2.79. The van der Waals surface area contributed by atoms with E-state index >= 15 is 0 Å². The maximum atomic E-state index is 12.8. The first-order valence-corrected chi connectivity index (χ1v) is 11.4. The Bertz CT molecular complexity index is 1070. The summed E-state index contributed by atoms with van der Waals surface area (Å²) in [7, 11) is -3.60. The van der Waals surface area contributed by atoms with Crippen molar-refractivity contribution < 1.29 is 17.9 Å². The van der Waals surface area contributed by atoms with Gasteiger partial charge in [-0.2, -0.15) is 0 Å². The summed E-state index contributed by atoms with van der Waals surface area (Å²) in [4.78, 5) is 12.8. The molecule has 0 spiro atoms. The van der Waals surface area contributed by atoms with Gasteiger partial charge in [0.1, 0.15) is 12.4 Å². The van der Waals surface area contributed by atoms with Gasteiger partial charge in [-0.3, -0.25) is 9.10 Å². The Kier molecular flexibility index (Phi) is 7.08. The van der Waals surface area contributed by atoms with Crippen LogP contribution in [0.3, 0.4) is 0 Å². The van der Waals surface area contributed by atoms with Crippen molar-refractivity contribution in [2.75, 3.05) is 23.7 Å². The number of benzene rings is 3. The molecular weight excluding hydrogens is 400 g/mol. The van der Waals surface area contributed by atoms with E-state index in [4.69, 9.17) is 4.74 Å². The molecule has 6 nitrogen and oxygen atoms in total. The Morgan fingerprint density at radius 3 is 2.17 bits per heavy atom. The van der Waals surface area contributed by atoms with Gasteiger partial charge in [0.25, 0.3) is 5.91 Å². The van der Waals surface area contributed by atoms with Crippen molar-refractivity contribution in [1.29, 1.82) is 0 Å². The van der Waals surface area contributed by atoms with Crippen molar-refractivity contribution in [3.63, 3.8) is 0 Å². The van der Waals surface area contributed by atoms with E-state index in [1.807, 2.05) is 60.7 Å². The van der Waals surface area contributed by atoms with Crippen molar-refractivity contribution in [1.82, 2.24) is 5.32 Å². The largest absolute Gasteiger partial charge is 0.492 e. The number of nitrogens with one attached hydrogen (secondary N) is 1. The number of anilines is 1. The Balaban J connectivity index is 1.73. The van der Waals surface area contributed by atoms with E-state index in [1.54, 1.807) is 24.3 Å². The van der Waals surface area contributed by atoms with Crippen LogP contribution in [-0.4, -0.2) is 33.7 Å². The second-order valence-corrected chi connectivity index (χ2v) is 8.60. The van der Waals surface area contributed by atoms with Crippen LogP contribution < -0.4 is 14.4 Å². The van der Waals surface area contributed by atoms with Gasteiger partial charge in [-0.15, -0.1) is 0 Å². The summed E-state index contributed by atoms with van der Waals surface area (Å²) in [6.07, 6.45) is 1.14. The molecule has 0 atom stereocenters. The predicted molar refractivity (Wildman–Crippen MR) is 118 cm³/mol. The number of sulfonamides is 1. The molecule has 0 aliphatic rings. The summed E-state index contributed by atoms with van der Waals surface area (Å²) >= 11 is 0. The number of rotatable bonds is 9. The minimum absolute atomic E-state index is 0.140. The minimum atomic E-state index is -3.60. The van der Waals surface area contributed by atoms with Gasteiger partial charge in [-0.1, -0.05) is 60.7 Å². The van der Waals surface area contributed by atoms with Crippen molar-refractivity contribution in [2.24, 2.45) is 0 Å². The van der Waals surface area contributed by atoms with Crippen LogP contribution >= 0.6 is 0 Å². The monoisotopic (exact) mass is 424 g/mol. The van der Waals surface area contributed by atoms with Gasteiger partial charge in [0, 0.05) is 0 Å². The molecule has 0 fully saturated rings. The quantitative estimate of drug-likeness (QED) is 0.534. The molecule has 30 heavy (non-hydrogen) atoms. The van der Waals surface area contributed by atoms with Crippen LogP contribution in [0.5, 0.6) is 5.75 Å². The number of ether oxygens (including phenoxy) is 1. The molecule has 0 bridgehead atoms. The highest BCUT2D eigenvalue weighted by atomic mass is 32.2. The third-order valence-electron chi connectivity index (χ3n) is 4.39. The molecule has 0 unspecified atom stereocenters. The Hall–Kier alpha value is -3.32. The number of hydrogen-bond donors (Lipinski definition) is 1. The molecule has 0 heterocycles. The molecule has 156 valence electrons. The zero-order valence-electron chi connectivity index (χ0n) is 16.7. The number of carbonyl (C=O) groups is 1. The van der Waals surface area contributed by atoms with E-state index in [9.17, 15) is 13.2 Å². The van der Waals surface area contributed by atoms with Crippen LogP contribution in [0.2, 0.25) is 0 Å². The molecule has 0 aliphatic heterocycles. The van der Waals surface area contributed by atoms with Gasteiger partial charge in [0.05, 0.1) is 30.6 Å². The van der Waals surface area contributed by atoms with Gasteiger partial charge in [0.15, 0.2) is 0 Å². The second kappa shape index (κ2) is 9.93. The highest BCUT2D eigenvalue weighted by molar-refractivity contribution is 7.92. The van der Waals surface area contributed by atoms with Crippen molar-refractivity contribution in [2.45, 2.75) is 6.54 Å². The molecule has 3 rings (SSSR count). The lowest BCUT2D eigenvalue weighted by molar-refractivity contribution is 0.0947. The van der Waals surface area contributed by atoms with Crippen LogP contribution in [0.25, 0.3) is 0 Å². The zero-order chi connectivity index (χ0) is 21.4. The van der Waals surface area contributed by atoms with Gasteiger partial charge in [-0.05, 0) is 29.8 Å². The second-order valence-electron chi connectivity index (χ2n) is 6.69. The topological polar surface area (TPSA) is 75.7 Å². The van der Waals surface area contributed by atoms with Gasteiger partial charge in [0.2, 0.25) is 10.0 Å². The number of carbonyl (C=O) groups excluding carboxylic acids is 1. The van der Waals surface area contributed by atoms with Gasteiger partial charge >= 0.3 is 0 Å². The standard InChI is InChI=1S/C23H24N2O4S/c1-30(27,28)25(18-19-10-4-2-5-11-19)22-15-9-8-14-21(22)23(26)24-16-17-29-20-12-6-3-7-13-20/h2-15H,16-18H2,1H3,(H,24,26). The van der Waals surface area contributed by atoms with Crippen LogP contribution in [0.4, 0.5) is 5.69 Å². The van der Waals surface area contributed by atoms with E-state index in [0.717, 1.165) is 17.6 Å². The SMILES string of the molecule is CS(=O)(=O)N(Cc1ccccc1)c1ccccc1C(=O)NCCOc1ccccc1. The van der Waals surface area contributed by atoms with Crippen molar-refractivity contribution in [3.8, 4) is 5.75 Å². The van der Waals surface area contributed by atoms with Gasteiger partial charge in [-0.25, -0.2) is 8.42 Å². The molecule has 7 heteroatoms. The highest BCUT2D eigenvalue weighted by Gasteiger charge is 2.23. The Morgan fingerprint density at radius 2 is 1.50 bits per heavy atom. The van der Waals surface area contributed by atoms with E-state index in [0.29, 0.717) is 24.4 Å². The molecule has 0 saturated carbocycles. The summed E-state index contributed by atoms with van der Waals surface area (Å²) in [5.74, 6) is 0.363. The summed E-state index contributed by atoms with van der Waals surface area (Å²) < 4.78 is 31.8. The summed E-state index contributed by atoms with van der Waals surface area (Å²) in [6, 6.07) is 25.3. The molecule has 0 aliphatic carbocycles. The first-order chi connectivity index (χ1) is 14.4. The Morgan fingerprint density at radius 1 is 0.900 bits per heavy atom. The van der Waals surface area contributed by atoms with E-state index in [1.165, 1.54) is 4.31 Å². The van der Waals surface area contributed by atoms with Crippen LogP contribution in [0.15, 0.2) is 84.9 Å². The lowest BCUT2D eigenvalue weighted by atomic mass is 10.1. The molecule has 1 N–H and O–H groups in total. The lowest BCUT2D eigenvalue weighted by Crippen LogP contribution is -2.33. The molecule has 3 aromatic carbocycles. The highest BCUT2D eigenvalue weighted by Crippen LogP contribution is 2.25. The van der Waals surface area contributed by atoms with Crippen molar-refractivity contribution in [3.05, 3.63) is 96.1 Å². The molecular formula is C23H24N2O4S. The summed E-state index contributed by atoms with van der Waals surface area (Å²) in [5.41, 5.74) is 1.46. The van der Waals surface area contributed by atoms with Crippen LogP contribution in [-0.2, 0) is 16.6 Å². The van der Waals surface area contributed by atoms with Crippen LogP contribution in [0, 0.1) is 0 Å². The van der Waals surface area contributed by atoms with Gasteiger partial charge < -0.3 is 10.1 Å². The van der Waals surface area contributed by atoms with Crippen molar-refractivity contribution >= 4 is 21.6 Å². The van der Waals surface area contributed by atoms with E-state index in [-0.39, 0.29) is 12.5 Å². The maximum absolute atomic E-state index is 12.8. The fourth-order valence-electron chi connectivity index (χ4n) is 2.96. The fraction of sp³-hybridized carbons (Fsp3) is 0.174. The third-order valence-corrected chi connectivity index (χ3v) is 5.51. The molecule has 0 aromatic heterocycles. The first kappa shape index (κ1) is 21.4. The molecule has 0 saturated heterocycles. The lowest BCUT2D eigenvalue weighted by Gasteiger charge is -2.24. The van der Waals surface area contributed by atoms with E-state index in [2.05, 4.69) is 5.32 Å². The minimum Gasteiger partial charge on any atom is -0.492 e. The van der Waals surface area contributed by atoms with E-state index < -0.39 is 10.0 Å². The fourth-order valence-corrected chi connectivity index (χ4v) is 3.86.